The van der Waals surface area contributed by atoms with E-state index >= 15 is 0 Å². The molecule has 0 saturated carbocycles. The minimum atomic E-state index is 0.875. The van der Waals surface area contributed by atoms with E-state index < -0.39 is 0 Å². The van der Waals surface area contributed by atoms with Crippen LogP contribution in [0, 0.1) is 3.70 Å². The first-order chi connectivity index (χ1) is 8.34. The number of aromatic nitrogens is 2. The smallest absolute Gasteiger partial charge is 0.0812 e. The molecule has 0 bridgehead atoms. The molecular formula is C14H11IN2. The Hall–Kier alpha value is -1.36. The van der Waals surface area contributed by atoms with Gasteiger partial charge in [0.25, 0.3) is 0 Å². The summed E-state index contributed by atoms with van der Waals surface area (Å²) in [6, 6.07) is 14.8. The molecule has 3 heteroatoms. The Morgan fingerprint density at radius 1 is 1.12 bits per heavy atom. The first-order valence-corrected chi connectivity index (χ1v) is 6.55. The zero-order chi connectivity index (χ0) is 11.7. The van der Waals surface area contributed by atoms with Crippen molar-refractivity contribution in [3.63, 3.8) is 0 Å². The number of nitrogens with zero attached hydrogens (tertiary/aromatic N) is 2. The Morgan fingerprint density at radius 2 is 2.00 bits per heavy atom. The van der Waals surface area contributed by atoms with Crippen LogP contribution in [0.3, 0.4) is 0 Å². The van der Waals surface area contributed by atoms with Crippen LogP contribution in [-0.2, 0) is 6.54 Å². The average Bonchev–Trinajstić information content (AvgIpc) is 2.68. The summed E-state index contributed by atoms with van der Waals surface area (Å²) in [7, 11) is 0. The molecule has 0 amide bonds. The van der Waals surface area contributed by atoms with Crippen LogP contribution >= 0.6 is 22.6 Å². The largest absolute Gasteiger partial charge is 0.331 e. The van der Waals surface area contributed by atoms with Gasteiger partial charge in [0.05, 0.1) is 10.2 Å². The molecule has 2 heterocycles. The van der Waals surface area contributed by atoms with Crippen molar-refractivity contribution in [2.45, 2.75) is 6.54 Å². The highest BCUT2D eigenvalue weighted by atomic mass is 127. The lowest BCUT2D eigenvalue weighted by Crippen LogP contribution is -2.01. The summed E-state index contributed by atoms with van der Waals surface area (Å²) in [6.45, 7) is 0.875. The normalized spacial score (nSPS) is 10.9. The molecule has 0 aliphatic carbocycles. The minimum absolute atomic E-state index is 0.875. The Morgan fingerprint density at radius 3 is 2.82 bits per heavy atom. The Bertz CT molecular complexity index is 644. The van der Waals surface area contributed by atoms with Crippen LogP contribution in [0.4, 0.5) is 0 Å². The quantitative estimate of drug-likeness (QED) is 0.654. The van der Waals surface area contributed by atoms with E-state index in [4.69, 9.17) is 0 Å². The second-order valence-electron chi connectivity index (χ2n) is 3.97. The van der Waals surface area contributed by atoms with Crippen molar-refractivity contribution < 1.29 is 0 Å². The summed E-state index contributed by atoms with van der Waals surface area (Å²) in [5.41, 5.74) is 2.51. The summed E-state index contributed by atoms with van der Waals surface area (Å²) in [5, 5.41) is 1.29. The van der Waals surface area contributed by atoms with Gasteiger partial charge in [0.15, 0.2) is 0 Å². The summed E-state index contributed by atoms with van der Waals surface area (Å²) >= 11 is 2.38. The number of benzene rings is 1. The Labute approximate surface area is 113 Å². The highest BCUT2D eigenvalue weighted by Gasteiger charge is 2.06. The van der Waals surface area contributed by atoms with Gasteiger partial charge in [-0.05, 0) is 46.4 Å². The molecule has 2 nitrogen and oxygen atoms in total. The molecular weight excluding hydrogens is 323 g/mol. The maximum atomic E-state index is 4.16. The van der Waals surface area contributed by atoms with Gasteiger partial charge in [-0.15, -0.1) is 0 Å². The Kier molecular flexibility index (Phi) is 2.84. The van der Waals surface area contributed by atoms with Gasteiger partial charge in [-0.25, -0.2) is 0 Å². The molecule has 0 atom stereocenters. The fourth-order valence-corrected chi connectivity index (χ4v) is 2.78. The van der Waals surface area contributed by atoms with E-state index in [-0.39, 0.29) is 0 Å². The summed E-state index contributed by atoms with van der Waals surface area (Å²) in [4.78, 5) is 4.16. The zero-order valence-corrected chi connectivity index (χ0v) is 11.3. The van der Waals surface area contributed by atoms with Gasteiger partial charge in [0.2, 0.25) is 0 Å². The molecule has 0 spiro atoms. The molecule has 1 aromatic carbocycles. The van der Waals surface area contributed by atoms with Gasteiger partial charge in [-0.1, -0.05) is 24.3 Å². The van der Waals surface area contributed by atoms with E-state index in [2.05, 4.69) is 68.5 Å². The van der Waals surface area contributed by atoms with E-state index in [1.165, 1.54) is 20.2 Å². The van der Waals surface area contributed by atoms with Gasteiger partial charge >= 0.3 is 0 Å². The zero-order valence-electron chi connectivity index (χ0n) is 9.18. The van der Waals surface area contributed by atoms with Crippen molar-refractivity contribution in [2.24, 2.45) is 0 Å². The van der Waals surface area contributed by atoms with Gasteiger partial charge in [-0.2, -0.15) is 0 Å². The Balaban J connectivity index is 2.08. The summed E-state index contributed by atoms with van der Waals surface area (Å²) in [5.74, 6) is 0. The molecule has 0 radical (unpaired) electrons. The predicted octanol–water partition coefficient (Wildman–Crippen LogP) is 3.69. The van der Waals surface area contributed by atoms with E-state index in [0.29, 0.717) is 0 Å². The first-order valence-electron chi connectivity index (χ1n) is 5.47. The lowest BCUT2D eigenvalue weighted by atomic mass is 10.2. The molecule has 17 heavy (non-hydrogen) atoms. The van der Waals surface area contributed by atoms with Crippen LogP contribution in [0.1, 0.15) is 5.56 Å². The highest BCUT2D eigenvalue weighted by Crippen LogP contribution is 2.22. The topological polar surface area (TPSA) is 17.8 Å². The second kappa shape index (κ2) is 4.49. The highest BCUT2D eigenvalue weighted by molar-refractivity contribution is 14.1. The van der Waals surface area contributed by atoms with Crippen molar-refractivity contribution >= 4 is 33.5 Å². The standard InChI is InChI=1S/C14H11IN2/c15-14-8-12-5-1-2-6-13(12)17(14)10-11-4-3-7-16-9-11/h1-9H,10H2. The molecule has 3 aromatic rings. The van der Waals surface area contributed by atoms with E-state index in [1.54, 1.807) is 0 Å². The monoisotopic (exact) mass is 334 g/mol. The lowest BCUT2D eigenvalue weighted by molar-refractivity contribution is 0.810. The van der Waals surface area contributed by atoms with Crippen molar-refractivity contribution in [1.82, 2.24) is 9.55 Å². The third kappa shape index (κ3) is 2.07. The van der Waals surface area contributed by atoms with Gasteiger partial charge in [0.1, 0.15) is 0 Å². The summed E-state index contributed by atoms with van der Waals surface area (Å²) in [6.07, 6.45) is 3.73. The molecule has 0 saturated heterocycles. The third-order valence-corrected chi connectivity index (χ3v) is 3.72. The van der Waals surface area contributed by atoms with Gasteiger partial charge in [-0.3, -0.25) is 4.98 Å². The maximum Gasteiger partial charge on any atom is 0.0812 e. The lowest BCUT2D eigenvalue weighted by Gasteiger charge is -2.06. The molecule has 0 fully saturated rings. The average molecular weight is 334 g/mol. The minimum Gasteiger partial charge on any atom is -0.331 e. The molecule has 2 aromatic heterocycles. The fraction of sp³-hybridized carbons (Fsp3) is 0.0714. The second-order valence-corrected chi connectivity index (χ2v) is 5.08. The SMILES string of the molecule is Ic1cc2ccccc2n1Cc1cccnc1. The maximum absolute atomic E-state index is 4.16. The molecule has 0 N–H and O–H groups in total. The van der Waals surface area contributed by atoms with E-state index in [1.807, 2.05) is 18.5 Å². The number of fused-ring (bicyclic) bond motifs is 1. The number of halogens is 1. The number of pyridine rings is 1. The van der Waals surface area contributed by atoms with Crippen LogP contribution in [0.15, 0.2) is 54.9 Å². The van der Waals surface area contributed by atoms with Crippen LogP contribution in [-0.4, -0.2) is 9.55 Å². The van der Waals surface area contributed by atoms with E-state index in [9.17, 15) is 0 Å². The van der Waals surface area contributed by atoms with Crippen LogP contribution in [0.2, 0.25) is 0 Å². The van der Waals surface area contributed by atoms with Crippen LogP contribution < -0.4 is 0 Å². The van der Waals surface area contributed by atoms with Gasteiger partial charge in [0, 0.05) is 23.3 Å². The van der Waals surface area contributed by atoms with Crippen molar-refractivity contribution in [3.8, 4) is 0 Å². The van der Waals surface area contributed by atoms with Crippen molar-refractivity contribution in [1.29, 1.82) is 0 Å². The molecule has 3 rings (SSSR count). The molecule has 0 aliphatic rings. The molecule has 0 aliphatic heterocycles. The fourth-order valence-electron chi connectivity index (χ4n) is 2.01. The van der Waals surface area contributed by atoms with E-state index in [0.717, 1.165) is 6.54 Å². The molecule has 84 valence electrons. The molecule has 0 unspecified atom stereocenters. The predicted molar refractivity (Wildman–Crippen MR) is 78.0 cm³/mol. The number of hydrogen-bond donors (Lipinski definition) is 0. The third-order valence-electron chi connectivity index (χ3n) is 2.82. The summed E-state index contributed by atoms with van der Waals surface area (Å²) < 4.78 is 3.57. The first kappa shape index (κ1) is 10.8. The van der Waals surface area contributed by atoms with Gasteiger partial charge < -0.3 is 4.57 Å². The van der Waals surface area contributed by atoms with Crippen molar-refractivity contribution in [3.05, 3.63) is 64.1 Å². The van der Waals surface area contributed by atoms with Crippen LogP contribution in [0.5, 0.6) is 0 Å². The van der Waals surface area contributed by atoms with Crippen LogP contribution in [0.25, 0.3) is 10.9 Å². The number of rotatable bonds is 2. The number of hydrogen-bond acceptors (Lipinski definition) is 1. The number of para-hydroxylation sites is 1. The van der Waals surface area contributed by atoms with Crippen molar-refractivity contribution in [2.75, 3.05) is 0 Å².